The lowest BCUT2D eigenvalue weighted by molar-refractivity contribution is 0.0291. The van der Waals surface area contributed by atoms with Crippen molar-refractivity contribution >= 4 is 5.91 Å². The van der Waals surface area contributed by atoms with Crippen molar-refractivity contribution in [1.29, 1.82) is 0 Å². The average Bonchev–Trinajstić information content (AvgIpc) is 3.11. The van der Waals surface area contributed by atoms with Crippen LogP contribution >= 0.6 is 0 Å². The molecule has 1 aliphatic carbocycles. The lowest BCUT2D eigenvalue weighted by atomic mass is 9.86. The molecule has 0 spiro atoms. The number of rotatable bonds is 4. The third-order valence-corrected chi connectivity index (χ3v) is 8.08. The molecule has 3 aliphatic heterocycles. The molecular weight excluding hydrogens is 372 g/mol. The highest BCUT2D eigenvalue weighted by molar-refractivity contribution is 5.94. The van der Waals surface area contributed by atoms with Crippen LogP contribution in [0.25, 0.3) is 0 Å². The summed E-state index contributed by atoms with van der Waals surface area (Å²) < 4.78 is 5.57. The number of ether oxygens (including phenoxy) is 1. The molecule has 1 radical (unpaired) electrons. The molecule has 163 valence electrons. The van der Waals surface area contributed by atoms with Gasteiger partial charge in [0.05, 0.1) is 0 Å². The molecule has 3 heterocycles. The molecule has 4 fully saturated rings. The Morgan fingerprint density at radius 1 is 1.07 bits per heavy atom. The van der Waals surface area contributed by atoms with Gasteiger partial charge in [0.15, 0.2) is 0 Å². The van der Waals surface area contributed by atoms with Crippen molar-refractivity contribution in [3.05, 3.63) is 41.8 Å². The van der Waals surface area contributed by atoms with Crippen LogP contribution in [0.1, 0.15) is 62.4 Å². The van der Waals surface area contributed by atoms with Crippen molar-refractivity contribution in [2.75, 3.05) is 32.8 Å². The second-order valence-corrected chi connectivity index (χ2v) is 10.9. The van der Waals surface area contributed by atoms with E-state index in [4.69, 9.17) is 4.74 Å². The van der Waals surface area contributed by atoms with Gasteiger partial charge in [-0.3, -0.25) is 9.69 Å². The number of fused-ring (bicyclic) bond motifs is 1. The number of piperidine rings is 1. The third kappa shape index (κ3) is 3.93. The summed E-state index contributed by atoms with van der Waals surface area (Å²) in [6.07, 6.45) is 7.48. The van der Waals surface area contributed by atoms with Crippen LogP contribution in [0.5, 0.6) is 0 Å². The Balaban J connectivity index is 1.14. The number of likely N-dealkylation sites (tertiary alicyclic amines) is 2. The average molecular weight is 410 g/mol. The van der Waals surface area contributed by atoms with Gasteiger partial charge in [0.1, 0.15) is 0 Å². The van der Waals surface area contributed by atoms with E-state index in [0.717, 1.165) is 55.7 Å². The third-order valence-electron chi connectivity index (χ3n) is 8.08. The van der Waals surface area contributed by atoms with Crippen LogP contribution in [0.3, 0.4) is 0 Å². The normalized spacial score (nSPS) is 32.4. The van der Waals surface area contributed by atoms with E-state index in [9.17, 15) is 4.79 Å². The lowest BCUT2D eigenvalue weighted by Crippen LogP contribution is -2.43. The molecule has 4 aliphatic rings. The predicted molar refractivity (Wildman–Crippen MR) is 119 cm³/mol. The fraction of sp³-hybridized carbons (Fsp3) is 0.692. The molecule has 30 heavy (non-hydrogen) atoms. The standard InChI is InChI=1S/C26H37N2O2/c1-26(2,3)19-8-6-18(7-9-19)25(29)27-16-23-22(24(23)17-27)15-21-5-4-12-28(21)20-10-13-30-14-11-20/h5-9,20-24H,4,10-17H2,1-3H3. The van der Waals surface area contributed by atoms with E-state index in [1.807, 2.05) is 12.1 Å². The Labute approximate surface area is 182 Å². The van der Waals surface area contributed by atoms with Crippen molar-refractivity contribution in [2.24, 2.45) is 17.8 Å². The van der Waals surface area contributed by atoms with Gasteiger partial charge in [0.25, 0.3) is 5.91 Å². The molecule has 1 aromatic rings. The first-order chi connectivity index (χ1) is 14.4. The van der Waals surface area contributed by atoms with E-state index in [0.29, 0.717) is 6.04 Å². The topological polar surface area (TPSA) is 32.8 Å². The Kier molecular flexibility index (Phi) is 5.43. The molecule has 0 N–H and O–H groups in total. The fourth-order valence-electron chi connectivity index (χ4n) is 6.16. The number of hydrogen-bond donors (Lipinski definition) is 0. The zero-order valence-corrected chi connectivity index (χ0v) is 18.8. The molecule has 1 aromatic carbocycles. The molecule has 0 aromatic heterocycles. The smallest absolute Gasteiger partial charge is 0.253 e. The van der Waals surface area contributed by atoms with Gasteiger partial charge in [0, 0.05) is 44.0 Å². The zero-order chi connectivity index (χ0) is 20.9. The number of nitrogens with zero attached hydrogens (tertiary/aromatic N) is 2. The lowest BCUT2D eigenvalue weighted by Gasteiger charge is -2.36. The Morgan fingerprint density at radius 2 is 1.73 bits per heavy atom. The SMILES string of the molecule is CC(C)(C)c1ccc(C(=O)N2CC3C(CC4[CH]CCN4C4CCOCC4)C3C2)cc1. The summed E-state index contributed by atoms with van der Waals surface area (Å²) in [4.78, 5) is 17.8. The van der Waals surface area contributed by atoms with E-state index in [-0.39, 0.29) is 11.3 Å². The highest BCUT2D eigenvalue weighted by Gasteiger charge is 2.57. The molecule has 1 amide bonds. The predicted octanol–water partition coefficient (Wildman–Crippen LogP) is 4.15. The number of amides is 1. The molecular formula is C26H37N2O2. The maximum absolute atomic E-state index is 13.0. The van der Waals surface area contributed by atoms with Gasteiger partial charge in [0.2, 0.25) is 0 Å². The van der Waals surface area contributed by atoms with Crippen molar-refractivity contribution in [3.8, 4) is 0 Å². The number of carbonyl (C=O) groups excluding carboxylic acids is 1. The maximum atomic E-state index is 13.0. The Hall–Kier alpha value is -1.39. The van der Waals surface area contributed by atoms with Crippen molar-refractivity contribution in [1.82, 2.24) is 9.80 Å². The van der Waals surface area contributed by atoms with Crippen LogP contribution in [-0.4, -0.2) is 60.6 Å². The maximum Gasteiger partial charge on any atom is 0.253 e. The molecule has 1 saturated carbocycles. The summed E-state index contributed by atoms with van der Waals surface area (Å²) in [6.45, 7) is 11.6. The number of carbonyl (C=O) groups is 1. The second kappa shape index (κ2) is 7.94. The van der Waals surface area contributed by atoms with Gasteiger partial charge in [-0.2, -0.15) is 0 Å². The summed E-state index contributed by atoms with van der Waals surface area (Å²) in [7, 11) is 0. The molecule has 5 rings (SSSR count). The van der Waals surface area contributed by atoms with Crippen LogP contribution < -0.4 is 0 Å². The minimum Gasteiger partial charge on any atom is -0.381 e. The summed E-state index contributed by atoms with van der Waals surface area (Å²) >= 11 is 0. The molecule has 3 saturated heterocycles. The van der Waals surface area contributed by atoms with Crippen LogP contribution in [0.4, 0.5) is 0 Å². The van der Waals surface area contributed by atoms with Gasteiger partial charge >= 0.3 is 0 Å². The van der Waals surface area contributed by atoms with E-state index >= 15 is 0 Å². The van der Waals surface area contributed by atoms with E-state index < -0.39 is 0 Å². The van der Waals surface area contributed by atoms with Crippen molar-refractivity contribution < 1.29 is 9.53 Å². The van der Waals surface area contributed by atoms with E-state index in [2.05, 4.69) is 49.1 Å². The Morgan fingerprint density at radius 3 is 2.37 bits per heavy atom. The first-order valence-corrected chi connectivity index (χ1v) is 12.0. The summed E-state index contributed by atoms with van der Waals surface area (Å²) in [6, 6.07) is 9.64. The highest BCUT2D eigenvalue weighted by atomic mass is 16.5. The largest absolute Gasteiger partial charge is 0.381 e. The summed E-state index contributed by atoms with van der Waals surface area (Å²) in [5.74, 6) is 2.50. The van der Waals surface area contributed by atoms with Crippen LogP contribution in [0.15, 0.2) is 24.3 Å². The molecule has 4 heteroatoms. The quantitative estimate of drug-likeness (QED) is 0.749. The van der Waals surface area contributed by atoms with Crippen LogP contribution in [-0.2, 0) is 10.2 Å². The Bertz CT molecular complexity index is 750. The van der Waals surface area contributed by atoms with Gasteiger partial charge < -0.3 is 9.64 Å². The van der Waals surface area contributed by atoms with Gasteiger partial charge in [-0.05, 0) is 79.5 Å². The van der Waals surface area contributed by atoms with Gasteiger partial charge in [-0.15, -0.1) is 0 Å². The van der Waals surface area contributed by atoms with Crippen molar-refractivity contribution in [3.63, 3.8) is 0 Å². The number of benzene rings is 1. The summed E-state index contributed by atoms with van der Waals surface area (Å²) in [5, 5.41) is 0. The van der Waals surface area contributed by atoms with Crippen molar-refractivity contribution in [2.45, 2.75) is 64.0 Å². The van der Waals surface area contributed by atoms with E-state index in [1.165, 1.54) is 37.8 Å². The van der Waals surface area contributed by atoms with Crippen LogP contribution in [0.2, 0.25) is 0 Å². The molecule has 3 atom stereocenters. The van der Waals surface area contributed by atoms with Gasteiger partial charge in [-0.25, -0.2) is 0 Å². The number of hydrogen-bond acceptors (Lipinski definition) is 3. The van der Waals surface area contributed by atoms with E-state index in [1.54, 1.807) is 0 Å². The first-order valence-electron chi connectivity index (χ1n) is 12.0. The highest BCUT2D eigenvalue weighted by Crippen LogP contribution is 2.55. The summed E-state index contributed by atoms with van der Waals surface area (Å²) in [5.41, 5.74) is 2.25. The minimum absolute atomic E-state index is 0.125. The van der Waals surface area contributed by atoms with Crippen LogP contribution in [0, 0.1) is 24.2 Å². The molecule has 4 nitrogen and oxygen atoms in total. The van der Waals surface area contributed by atoms with Gasteiger partial charge in [-0.1, -0.05) is 32.9 Å². The first kappa shape index (κ1) is 20.5. The monoisotopic (exact) mass is 409 g/mol. The molecule has 3 unspecified atom stereocenters. The fourth-order valence-corrected chi connectivity index (χ4v) is 6.16. The minimum atomic E-state index is 0.125. The zero-order valence-electron chi connectivity index (χ0n) is 18.8. The second-order valence-electron chi connectivity index (χ2n) is 10.9. The molecule has 0 bridgehead atoms.